The Balaban J connectivity index is 1.45. The van der Waals surface area contributed by atoms with Crippen molar-refractivity contribution in [2.45, 2.75) is 26.2 Å². The fraction of sp³-hybridized carbons (Fsp3) is 0.318. The first-order chi connectivity index (χ1) is 12.1. The Hall–Kier alpha value is -2.26. The number of rotatable bonds is 6. The highest BCUT2D eigenvalue weighted by Gasteiger charge is 2.13. The Morgan fingerprint density at radius 1 is 1.08 bits per heavy atom. The normalized spacial score (nSPS) is 15.0. The van der Waals surface area contributed by atoms with Crippen LogP contribution in [-0.2, 0) is 0 Å². The van der Waals surface area contributed by atoms with Crippen molar-refractivity contribution >= 4 is 11.4 Å². The topological polar surface area (TPSA) is 20.3 Å². The molecule has 0 saturated heterocycles. The summed E-state index contributed by atoms with van der Waals surface area (Å²) in [5.41, 5.74) is 4.62. The maximum Gasteiger partial charge on any atom is 0.162 e. The van der Waals surface area contributed by atoms with E-state index in [-0.39, 0.29) is 11.6 Å². The van der Waals surface area contributed by atoms with Gasteiger partial charge in [-0.2, -0.15) is 0 Å². The number of halogens is 1. The average molecular weight is 337 g/mol. The van der Waals surface area contributed by atoms with Gasteiger partial charge in [-0.05, 0) is 61.7 Å². The van der Waals surface area contributed by atoms with E-state index in [0.717, 1.165) is 32.5 Å². The molecule has 0 amide bonds. The van der Waals surface area contributed by atoms with E-state index in [4.69, 9.17) is 0 Å². The Kier molecular flexibility index (Phi) is 5.77. The molecule has 0 bridgehead atoms. The van der Waals surface area contributed by atoms with Gasteiger partial charge < -0.3 is 0 Å². The number of ketones is 1. The van der Waals surface area contributed by atoms with Crippen LogP contribution >= 0.6 is 0 Å². The zero-order valence-corrected chi connectivity index (χ0v) is 14.7. The van der Waals surface area contributed by atoms with Gasteiger partial charge in [-0.25, -0.2) is 4.39 Å². The summed E-state index contributed by atoms with van der Waals surface area (Å²) in [5, 5.41) is 0. The molecule has 1 heterocycles. The first-order valence-electron chi connectivity index (χ1n) is 8.89. The molecule has 0 atom stereocenters. The van der Waals surface area contributed by atoms with Crippen molar-refractivity contribution in [2.24, 2.45) is 0 Å². The van der Waals surface area contributed by atoms with Crippen LogP contribution in [0.4, 0.5) is 4.39 Å². The minimum atomic E-state index is -0.305. The lowest BCUT2D eigenvalue weighted by molar-refractivity contribution is 0.0975. The van der Waals surface area contributed by atoms with Gasteiger partial charge in [-0.3, -0.25) is 9.69 Å². The highest BCUT2D eigenvalue weighted by Crippen LogP contribution is 2.22. The van der Waals surface area contributed by atoms with Crippen LogP contribution in [0.5, 0.6) is 0 Å². The van der Waals surface area contributed by atoms with Gasteiger partial charge in [0.25, 0.3) is 0 Å². The third kappa shape index (κ3) is 4.86. The van der Waals surface area contributed by atoms with E-state index in [2.05, 4.69) is 42.2 Å². The van der Waals surface area contributed by atoms with E-state index in [1.165, 1.54) is 28.8 Å². The van der Waals surface area contributed by atoms with Crippen molar-refractivity contribution in [3.05, 3.63) is 77.1 Å². The van der Waals surface area contributed by atoms with Gasteiger partial charge in [0.05, 0.1) is 0 Å². The summed E-state index contributed by atoms with van der Waals surface area (Å²) in [6.45, 7) is 5.00. The molecule has 3 rings (SSSR count). The second kappa shape index (κ2) is 8.21. The van der Waals surface area contributed by atoms with Gasteiger partial charge in [-0.1, -0.05) is 35.9 Å². The molecule has 0 N–H and O–H groups in total. The lowest BCUT2D eigenvalue weighted by Crippen LogP contribution is -2.29. The third-order valence-electron chi connectivity index (χ3n) is 4.76. The first kappa shape index (κ1) is 17.6. The van der Waals surface area contributed by atoms with Crippen LogP contribution in [0.15, 0.2) is 54.6 Å². The van der Waals surface area contributed by atoms with Crippen molar-refractivity contribution < 1.29 is 9.18 Å². The molecule has 0 spiro atoms. The van der Waals surface area contributed by atoms with E-state index in [0.29, 0.717) is 12.0 Å². The van der Waals surface area contributed by atoms with Crippen molar-refractivity contribution in [1.82, 2.24) is 4.90 Å². The van der Waals surface area contributed by atoms with Gasteiger partial charge in [0, 0.05) is 25.1 Å². The minimum absolute atomic E-state index is 0.0906. The highest BCUT2D eigenvalue weighted by molar-refractivity contribution is 5.95. The molecule has 3 heteroatoms. The number of carbonyl (C=O) groups excluding carboxylic acids is 1. The molecule has 2 nitrogen and oxygen atoms in total. The smallest absolute Gasteiger partial charge is 0.162 e. The molecular formula is C22H24FNO. The summed E-state index contributed by atoms with van der Waals surface area (Å²) < 4.78 is 12.9. The maximum absolute atomic E-state index is 12.9. The molecule has 0 saturated carbocycles. The van der Waals surface area contributed by atoms with Gasteiger partial charge in [0.2, 0.25) is 0 Å². The summed E-state index contributed by atoms with van der Waals surface area (Å²) in [4.78, 5) is 14.5. The summed E-state index contributed by atoms with van der Waals surface area (Å²) in [6.07, 6.45) is 4.70. The molecule has 0 radical (unpaired) electrons. The Bertz CT molecular complexity index is 747. The lowest BCUT2D eigenvalue weighted by atomic mass is 9.98. The number of hydrogen-bond acceptors (Lipinski definition) is 2. The predicted molar refractivity (Wildman–Crippen MR) is 100 cm³/mol. The van der Waals surface area contributed by atoms with Crippen molar-refractivity contribution in [3.63, 3.8) is 0 Å². The zero-order chi connectivity index (χ0) is 17.6. The largest absolute Gasteiger partial charge is 0.299 e. The van der Waals surface area contributed by atoms with Gasteiger partial charge in [0.1, 0.15) is 5.82 Å². The zero-order valence-electron chi connectivity index (χ0n) is 14.7. The van der Waals surface area contributed by atoms with Crippen LogP contribution < -0.4 is 0 Å². The molecule has 1 aliphatic rings. The highest BCUT2D eigenvalue weighted by atomic mass is 19.1. The number of Topliss-reactive ketones (excluding diaryl/α,β-unsaturated/α-hetero) is 1. The fourth-order valence-electron chi connectivity index (χ4n) is 3.19. The van der Waals surface area contributed by atoms with Crippen LogP contribution in [0.25, 0.3) is 5.57 Å². The van der Waals surface area contributed by atoms with Crippen LogP contribution in [0, 0.1) is 12.7 Å². The Labute approximate surface area is 149 Å². The molecule has 1 aliphatic heterocycles. The predicted octanol–water partition coefficient (Wildman–Crippen LogP) is 4.89. The minimum Gasteiger partial charge on any atom is -0.299 e. The molecule has 0 aliphatic carbocycles. The standard InChI is InChI=1S/C22H24FNO/c1-17-4-6-18(7-5-17)19-12-15-24(16-13-19)14-2-3-22(25)20-8-10-21(23)11-9-20/h4-12H,2-3,13-16H2,1H3. The van der Waals surface area contributed by atoms with Crippen LogP contribution in [-0.4, -0.2) is 30.3 Å². The number of carbonyl (C=O) groups is 1. The third-order valence-corrected chi connectivity index (χ3v) is 4.76. The van der Waals surface area contributed by atoms with E-state index in [1.54, 1.807) is 12.1 Å². The molecule has 0 aromatic heterocycles. The van der Waals surface area contributed by atoms with Crippen molar-refractivity contribution in [1.29, 1.82) is 0 Å². The second-order valence-corrected chi connectivity index (χ2v) is 6.68. The summed E-state index contributed by atoms with van der Waals surface area (Å²) in [5.74, 6) is -0.214. The Morgan fingerprint density at radius 2 is 1.80 bits per heavy atom. The molecule has 2 aromatic rings. The first-order valence-corrected chi connectivity index (χ1v) is 8.89. The van der Waals surface area contributed by atoms with Crippen molar-refractivity contribution in [2.75, 3.05) is 19.6 Å². The van der Waals surface area contributed by atoms with Crippen LogP contribution in [0.1, 0.15) is 40.7 Å². The molecule has 130 valence electrons. The molecular weight excluding hydrogens is 313 g/mol. The number of hydrogen-bond donors (Lipinski definition) is 0. The van der Waals surface area contributed by atoms with E-state index < -0.39 is 0 Å². The van der Waals surface area contributed by atoms with Crippen LogP contribution in [0.2, 0.25) is 0 Å². The molecule has 2 aromatic carbocycles. The van der Waals surface area contributed by atoms with E-state index in [9.17, 15) is 9.18 Å². The molecule has 0 unspecified atom stereocenters. The van der Waals surface area contributed by atoms with Gasteiger partial charge in [-0.15, -0.1) is 0 Å². The van der Waals surface area contributed by atoms with Gasteiger partial charge in [0.15, 0.2) is 5.78 Å². The summed E-state index contributed by atoms with van der Waals surface area (Å²) in [7, 11) is 0. The number of aryl methyl sites for hydroxylation is 1. The van der Waals surface area contributed by atoms with Crippen LogP contribution in [0.3, 0.4) is 0 Å². The van der Waals surface area contributed by atoms with E-state index >= 15 is 0 Å². The average Bonchev–Trinajstić information content (AvgIpc) is 2.63. The summed E-state index contributed by atoms with van der Waals surface area (Å²) >= 11 is 0. The van der Waals surface area contributed by atoms with E-state index in [1.807, 2.05) is 0 Å². The molecule has 0 fully saturated rings. The SMILES string of the molecule is Cc1ccc(C2=CCN(CCCC(=O)c3ccc(F)cc3)CC2)cc1. The fourth-order valence-corrected chi connectivity index (χ4v) is 3.19. The molecule has 25 heavy (non-hydrogen) atoms. The lowest BCUT2D eigenvalue weighted by Gasteiger charge is -2.26. The van der Waals surface area contributed by atoms with Crippen molar-refractivity contribution in [3.8, 4) is 0 Å². The summed E-state index contributed by atoms with van der Waals surface area (Å²) in [6, 6.07) is 14.5. The number of benzene rings is 2. The number of nitrogens with zero attached hydrogens (tertiary/aromatic N) is 1. The quantitative estimate of drug-likeness (QED) is 0.700. The Morgan fingerprint density at radius 3 is 2.44 bits per heavy atom. The maximum atomic E-state index is 12.9. The monoisotopic (exact) mass is 337 g/mol. The van der Waals surface area contributed by atoms with Gasteiger partial charge >= 0.3 is 0 Å². The second-order valence-electron chi connectivity index (χ2n) is 6.68.